The number of rotatable bonds is 5. The number of methoxy groups -OCH3 is 1. The van der Waals surface area contributed by atoms with Crippen LogP contribution in [0.1, 0.15) is 21.6 Å². The van der Waals surface area contributed by atoms with Crippen molar-refractivity contribution in [1.29, 1.82) is 0 Å². The molecule has 0 saturated carbocycles. The van der Waals surface area contributed by atoms with Crippen LogP contribution >= 0.6 is 0 Å². The topological polar surface area (TPSA) is 101 Å². The van der Waals surface area contributed by atoms with Gasteiger partial charge in [0.2, 0.25) is 16.0 Å². The van der Waals surface area contributed by atoms with Gasteiger partial charge in [0.05, 0.1) is 17.7 Å². The van der Waals surface area contributed by atoms with Crippen molar-refractivity contribution >= 4 is 21.9 Å². The minimum atomic E-state index is -3.68. The average molecular weight is 442 g/mol. The zero-order valence-electron chi connectivity index (χ0n) is 16.6. The molecule has 0 bridgehead atoms. The Morgan fingerprint density at radius 3 is 2.52 bits per heavy atom. The Bertz CT molecular complexity index is 1220. The highest BCUT2D eigenvalue weighted by Crippen LogP contribution is 2.25. The van der Waals surface area contributed by atoms with Gasteiger partial charge >= 0.3 is 0 Å². The molecule has 0 saturated heterocycles. The van der Waals surface area contributed by atoms with E-state index in [9.17, 15) is 17.6 Å². The number of ether oxygens (including phenoxy) is 1. The smallest absolute Gasteiger partial charge is 0.258 e. The first-order chi connectivity index (χ1) is 14.9. The summed E-state index contributed by atoms with van der Waals surface area (Å²) in [7, 11) is -2.16. The zero-order chi connectivity index (χ0) is 22.0. The third kappa shape index (κ3) is 4.39. The van der Waals surface area contributed by atoms with Gasteiger partial charge in [-0.2, -0.15) is 4.31 Å². The van der Waals surface area contributed by atoms with Crippen LogP contribution in [0.25, 0.3) is 0 Å². The predicted molar refractivity (Wildman–Crippen MR) is 111 cm³/mol. The summed E-state index contributed by atoms with van der Waals surface area (Å²) in [5.74, 6) is -0.207. The lowest BCUT2D eigenvalue weighted by Gasteiger charge is -2.27. The SMILES string of the molecule is COc1ccc(S(=O)(=O)N2CCc3nc(NC(=O)c4ccc(F)cc4)ncc3C2)cc1. The molecule has 0 aliphatic carbocycles. The molecule has 1 N–H and O–H groups in total. The van der Waals surface area contributed by atoms with Crippen molar-refractivity contribution in [2.45, 2.75) is 17.9 Å². The van der Waals surface area contributed by atoms with Crippen LogP contribution in [0.3, 0.4) is 0 Å². The van der Waals surface area contributed by atoms with E-state index in [1.165, 1.54) is 54.0 Å². The summed E-state index contributed by atoms with van der Waals surface area (Å²) in [6, 6.07) is 11.3. The Balaban J connectivity index is 1.49. The third-order valence-corrected chi connectivity index (χ3v) is 6.79. The third-order valence-electron chi connectivity index (χ3n) is 4.93. The van der Waals surface area contributed by atoms with Crippen molar-refractivity contribution in [2.75, 3.05) is 19.0 Å². The van der Waals surface area contributed by atoms with Crippen molar-refractivity contribution in [3.8, 4) is 5.75 Å². The number of nitrogens with one attached hydrogen (secondary N) is 1. The molecule has 0 fully saturated rings. The number of anilines is 1. The van der Waals surface area contributed by atoms with Crippen LogP contribution < -0.4 is 10.1 Å². The first-order valence-corrected chi connectivity index (χ1v) is 10.9. The molecule has 31 heavy (non-hydrogen) atoms. The lowest BCUT2D eigenvalue weighted by molar-refractivity contribution is 0.102. The Kier molecular flexibility index (Phi) is 5.66. The molecule has 0 unspecified atom stereocenters. The molecule has 160 valence electrons. The number of benzene rings is 2. The summed E-state index contributed by atoms with van der Waals surface area (Å²) in [4.78, 5) is 20.9. The molecule has 1 aliphatic rings. The summed E-state index contributed by atoms with van der Waals surface area (Å²) in [5, 5.41) is 2.58. The van der Waals surface area contributed by atoms with Crippen LogP contribution in [0, 0.1) is 5.82 Å². The van der Waals surface area contributed by atoms with Crippen molar-refractivity contribution in [1.82, 2.24) is 14.3 Å². The number of nitrogens with zero attached hydrogens (tertiary/aromatic N) is 3. The molecular formula is C21H19FN4O4S. The first kappa shape index (κ1) is 20.9. The molecule has 2 heterocycles. The number of aromatic nitrogens is 2. The summed E-state index contributed by atoms with van der Waals surface area (Å²) in [5.41, 5.74) is 1.62. The fourth-order valence-corrected chi connectivity index (χ4v) is 4.65. The minimum absolute atomic E-state index is 0.111. The first-order valence-electron chi connectivity index (χ1n) is 9.43. The van der Waals surface area contributed by atoms with Gasteiger partial charge in [-0.25, -0.2) is 22.8 Å². The fourth-order valence-electron chi connectivity index (χ4n) is 3.23. The lowest BCUT2D eigenvalue weighted by atomic mass is 10.1. The molecule has 4 rings (SSSR count). The maximum absolute atomic E-state index is 13.0. The van der Waals surface area contributed by atoms with E-state index in [1.807, 2.05) is 0 Å². The van der Waals surface area contributed by atoms with Gasteiger partial charge in [-0.3, -0.25) is 10.1 Å². The monoisotopic (exact) mass is 442 g/mol. The number of fused-ring (bicyclic) bond motifs is 1. The number of hydrogen-bond acceptors (Lipinski definition) is 6. The van der Waals surface area contributed by atoms with Crippen LogP contribution in [-0.4, -0.2) is 42.3 Å². The number of halogens is 1. The second-order valence-corrected chi connectivity index (χ2v) is 8.83. The number of amides is 1. The van der Waals surface area contributed by atoms with E-state index in [1.54, 1.807) is 12.1 Å². The minimum Gasteiger partial charge on any atom is -0.497 e. The molecule has 3 aromatic rings. The molecule has 0 spiro atoms. The zero-order valence-corrected chi connectivity index (χ0v) is 17.4. The molecule has 8 nitrogen and oxygen atoms in total. The van der Waals surface area contributed by atoms with E-state index >= 15 is 0 Å². The van der Waals surface area contributed by atoms with Crippen LogP contribution in [-0.2, 0) is 23.0 Å². The van der Waals surface area contributed by atoms with Crippen molar-refractivity contribution in [2.24, 2.45) is 0 Å². The second kappa shape index (κ2) is 8.40. The van der Waals surface area contributed by atoms with Gasteiger partial charge < -0.3 is 4.74 Å². The van der Waals surface area contributed by atoms with Crippen LogP contribution in [0.2, 0.25) is 0 Å². The van der Waals surface area contributed by atoms with E-state index in [0.29, 0.717) is 23.4 Å². The van der Waals surface area contributed by atoms with E-state index in [0.717, 1.165) is 0 Å². The molecule has 10 heteroatoms. The van der Waals surface area contributed by atoms with Crippen LogP contribution in [0.5, 0.6) is 5.75 Å². The number of sulfonamides is 1. The van der Waals surface area contributed by atoms with Crippen molar-refractivity contribution in [3.63, 3.8) is 0 Å². The maximum atomic E-state index is 13.0. The molecule has 1 aromatic heterocycles. The lowest BCUT2D eigenvalue weighted by Crippen LogP contribution is -2.36. The summed E-state index contributed by atoms with van der Waals surface area (Å²) in [6.07, 6.45) is 1.89. The Morgan fingerprint density at radius 2 is 1.84 bits per heavy atom. The molecule has 2 aromatic carbocycles. The quantitative estimate of drug-likeness (QED) is 0.652. The largest absolute Gasteiger partial charge is 0.497 e. The highest BCUT2D eigenvalue weighted by molar-refractivity contribution is 7.89. The average Bonchev–Trinajstić information content (AvgIpc) is 2.79. The number of carbonyl (C=O) groups excluding carboxylic acids is 1. The van der Waals surface area contributed by atoms with Crippen LogP contribution in [0.15, 0.2) is 59.6 Å². The van der Waals surface area contributed by atoms with Gasteiger partial charge in [0.1, 0.15) is 11.6 Å². The van der Waals surface area contributed by atoms with E-state index in [2.05, 4.69) is 15.3 Å². The summed E-state index contributed by atoms with van der Waals surface area (Å²) in [6.45, 7) is 0.389. The molecular weight excluding hydrogens is 423 g/mol. The normalized spacial score (nSPS) is 14.0. The summed E-state index contributed by atoms with van der Waals surface area (Å²) < 4.78 is 45.4. The van der Waals surface area contributed by atoms with E-state index < -0.39 is 21.7 Å². The van der Waals surface area contributed by atoms with Gasteiger partial charge in [-0.15, -0.1) is 0 Å². The van der Waals surface area contributed by atoms with Gasteiger partial charge in [0.15, 0.2) is 0 Å². The molecule has 0 atom stereocenters. The highest BCUT2D eigenvalue weighted by Gasteiger charge is 2.29. The van der Waals surface area contributed by atoms with Gasteiger partial charge in [0, 0.05) is 36.8 Å². The predicted octanol–water partition coefficient (Wildman–Crippen LogP) is 2.62. The second-order valence-electron chi connectivity index (χ2n) is 6.89. The number of hydrogen-bond donors (Lipinski definition) is 1. The Hall–Kier alpha value is -3.37. The van der Waals surface area contributed by atoms with E-state index in [-0.39, 0.29) is 29.5 Å². The van der Waals surface area contributed by atoms with Gasteiger partial charge in [-0.05, 0) is 48.5 Å². The number of carbonyl (C=O) groups is 1. The Morgan fingerprint density at radius 1 is 1.13 bits per heavy atom. The van der Waals surface area contributed by atoms with Crippen molar-refractivity contribution < 1.29 is 22.3 Å². The van der Waals surface area contributed by atoms with Crippen molar-refractivity contribution in [3.05, 3.63) is 77.4 Å². The molecule has 0 radical (unpaired) electrons. The maximum Gasteiger partial charge on any atom is 0.258 e. The van der Waals surface area contributed by atoms with Crippen LogP contribution in [0.4, 0.5) is 10.3 Å². The standard InChI is InChI=1S/C21H19FN4O4S/c1-30-17-6-8-18(9-7-17)31(28,29)26-11-10-19-15(13-26)12-23-21(24-19)25-20(27)14-2-4-16(22)5-3-14/h2-9,12H,10-11,13H2,1H3,(H,23,24,25,27). The highest BCUT2D eigenvalue weighted by atomic mass is 32.2. The van der Waals surface area contributed by atoms with Gasteiger partial charge in [0.25, 0.3) is 5.91 Å². The fraction of sp³-hybridized carbons (Fsp3) is 0.190. The van der Waals surface area contributed by atoms with Gasteiger partial charge in [-0.1, -0.05) is 0 Å². The summed E-state index contributed by atoms with van der Waals surface area (Å²) >= 11 is 0. The molecule has 1 aliphatic heterocycles. The van der Waals surface area contributed by atoms with E-state index in [4.69, 9.17) is 4.74 Å². The molecule has 1 amide bonds. The Labute approximate surface area is 178 Å².